The van der Waals surface area contributed by atoms with Gasteiger partial charge in [0.05, 0.1) is 6.61 Å². The van der Waals surface area contributed by atoms with E-state index >= 15 is 0 Å². The van der Waals surface area contributed by atoms with E-state index in [4.69, 9.17) is 23.7 Å². The van der Waals surface area contributed by atoms with Crippen molar-refractivity contribution in [3.05, 3.63) is 71.8 Å². The van der Waals surface area contributed by atoms with Crippen molar-refractivity contribution < 1.29 is 28.5 Å². The molecule has 0 radical (unpaired) electrons. The lowest BCUT2D eigenvalue weighted by atomic mass is 9.97. The van der Waals surface area contributed by atoms with Crippen molar-refractivity contribution in [2.75, 3.05) is 13.2 Å². The van der Waals surface area contributed by atoms with E-state index < -0.39 is 29.6 Å². The maximum atomic E-state index is 13.4. The number of hydrogen-bond acceptors (Lipinski definition) is 6. The van der Waals surface area contributed by atoms with Crippen LogP contribution in [-0.2, 0) is 41.3 Å². The molecule has 3 unspecified atom stereocenters. The van der Waals surface area contributed by atoms with E-state index in [0.717, 1.165) is 11.1 Å². The Bertz CT molecular complexity index is 870. The molecule has 3 fully saturated rings. The van der Waals surface area contributed by atoms with E-state index in [-0.39, 0.29) is 19.0 Å². The van der Waals surface area contributed by atoms with E-state index in [2.05, 4.69) is 0 Å². The fourth-order valence-corrected chi connectivity index (χ4v) is 4.48. The lowest BCUT2D eigenvalue weighted by molar-refractivity contribution is -0.263. The summed E-state index contributed by atoms with van der Waals surface area (Å²) in [7, 11) is 0. The molecule has 2 aromatic carbocycles. The number of carbonyl (C=O) groups excluding carboxylic acids is 1. The third kappa shape index (κ3) is 3.59. The first-order chi connectivity index (χ1) is 14.4. The number of ketones is 1. The molecule has 3 aliphatic rings. The van der Waals surface area contributed by atoms with Gasteiger partial charge in [0.15, 0.2) is 17.7 Å². The van der Waals surface area contributed by atoms with Crippen LogP contribution < -0.4 is 0 Å². The number of hydrogen-bond donors (Lipinski definition) is 0. The Morgan fingerprint density at radius 2 is 1.47 bits per heavy atom. The second-order valence-corrected chi connectivity index (χ2v) is 8.65. The van der Waals surface area contributed by atoms with Crippen molar-refractivity contribution in [2.45, 2.75) is 56.3 Å². The van der Waals surface area contributed by atoms with Gasteiger partial charge in [-0.3, -0.25) is 4.79 Å². The molecule has 0 saturated carbocycles. The summed E-state index contributed by atoms with van der Waals surface area (Å²) in [5.41, 5.74) is 2.16. The zero-order chi connectivity index (χ0) is 20.8. The first kappa shape index (κ1) is 19.8. The van der Waals surface area contributed by atoms with Crippen LogP contribution in [-0.4, -0.2) is 48.6 Å². The number of rotatable bonds is 4. The van der Waals surface area contributed by atoms with Crippen LogP contribution in [0.4, 0.5) is 0 Å². The molecule has 3 saturated heterocycles. The highest BCUT2D eigenvalue weighted by Gasteiger charge is 2.63. The minimum atomic E-state index is -1.43. The molecule has 1 spiro atoms. The summed E-state index contributed by atoms with van der Waals surface area (Å²) in [6.45, 7) is 3.80. The molecule has 6 heteroatoms. The first-order valence-electron chi connectivity index (χ1n) is 10.3. The van der Waals surface area contributed by atoms with Crippen molar-refractivity contribution in [2.24, 2.45) is 0 Å². The second-order valence-electron chi connectivity index (χ2n) is 8.65. The zero-order valence-corrected chi connectivity index (χ0v) is 17.2. The number of ether oxygens (including phenoxy) is 5. The lowest BCUT2D eigenvalue weighted by Crippen LogP contribution is -2.58. The molecule has 0 N–H and O–H groups in total. The maximum Gasteiger partial charge on any atom is 0.258 e. The maximum absolute atomic E-state index is 13.4. The molecule has 3 atom stereocenters. The molecular formula is C24H26O6. The molecule has 5 rings (SSSR count). The van der Waals surface area contributed by atoms with Crippen molar-refractivity contribution >= 4 is 5.78 Å². The third-order valence-electron chi connectivity index (χ3n) is 5.81. The summed E-state index contributed by atoms with van der Waals surface area (Å²) in [4.78, 5) is 13.4. The minimum absolute atomic E-state index is 0.0514. The normalized spacial score (nSPS) is 31.7. The third-order valence-corrected chi connectivity index (χ3v) is 5.81. The first-order valence-corrected chi connectivity index (χ1v) is 10.3. The predicted molar refractivity (Wildman–Crippen MR) is 108 cm³/mol. The van der Waals surface area contributed by atoms with Crippen molar-refractivity contribution in [1.29, 1.82) is 0 Å². The van der Waals surface area contributed by atoms with Gasteiger partial charge in [-0.2, -0.15) is 0 Å². The summed E-state index contributed by atoms with van der Waals surface area (Å²) >= 11 is 0. The van der Waals surface area contributed by atoms with Crippen molar-refractivity contribution in [3.8, 4) is 0 Å². The van der Waals surface area contributed by atoms with E-state index in [0.29, 0.717) is 12.8 Å². The Morgan fingerprint density at radius 3 is 2.00 bits per heavy atom. The monoisotopic (exact) mass is 410 g/mol. The largest absolute Gasteiger partial charge is 0.344 e. The van der Waals surface area contributed by atoms with E-state index in [9.17, 15) is 4.79 Å². The van der Waals surface area contributed by atoms with Gasteiger partial charge in [-0.05, 0) is 25.0 Å². The van der Waals surface area contributed by atoms with Gasteiger partial charge in [0.1, 0.15) is 12.7 Å². The van der Waals surface area contributed by atoms with Crippen LogP contribution >= 0.6 is 0 Å². The summed E-state index contributed by atoms with van der Waals surface area (Å²) in [6, 6.07) is 20.1. The predicted octanol–water partition coefficient (Wildman–Crippen LogP) is 3.03. The second kappa shape index (κ2) is 7.25. The van der Waals surface area contributed by atoms with Crippen LogP contribution in [0.1, 0.15) is 25.0 Å². The molecule has 0 bridgehead atoms. The van der Waals surface area contributed by atoms with Gasteiger partial charge in [-0.1, -0.05) is 60.7 Å². The molecule has 3 aliphatic heterocycles. The summed E-state index contributed by atoms with van der Waals surface area (Å²) in [6.07, 6.45) is -0.191. The highest BCUT2D eigenvalue weighted by Crippen LogP contribution is 2.43. The van der Waals surface area contributed by atoms with E-state index in [1.807, 2.05) is 60.7 Å². The van der Waals surface area contributed by atoms with Gasteiger partial charge in [0, 0.05) is 12.8 Å². The Kier molecular flexibility index (Phi) is 4.80. The van der Waals surface area contributed by atoms with Crippen LogP contribution in [0.25, 0.3) is 0 Å². The van der Waals surface area contributed by atoms with Gasteiger partial charge in [-0.25, -0.2) is 0 Å². The average molecular weight is 410 g/mol. The summed E-state index contributed by atoms with van der Waals surface area (Å²) in [5, 5.41) is 0. The Balaban J connectivity index is 1.44. The average Bonchev–Trinajstić information content (AvgIpc) is 3.25. The van der Waals surface area contributed by atoms with Gasteiger partial charge >= 0.3 is 0 Å². The van der Waals surface area contributed by atoms with E-state index in [1.165, 1.54) is 0 Å². The Hall–Kier alpha value is -2.09. The van der Waals surface area contributed by atoms with Gasteiger partial charge in [-0.15, -0.1) is 0 Å². The standard InChI is InChI=1S/C24H26O6/c1-22(2)27-16-24(30-22)21(25)20-19(15-26-24)28-23(29-20,13-17-9-5-3-6-10-17)14-18-11-7-4-8-12-18/h3-12,19-20H,13-16H2,1-2H3. The molecular weight excluding hydrogens is 384 g/mol. The van der Waals surface area contributed by atoms with E-state index in [1.54, 1.807) is 13.8 Å². The summed E-state index contributed by atoms with van der Waals surface area (Å²) < 4.78 is 30.2. The topological polar surface area (TPSA) is 63.2 Å². The molecule has 0 amide bonds. The molecule has 30 heavy (non-hydrogen) atoms. The number of fused-ring (bicyclic) bond motifs is 1. The number of Topliss-reactive ketones (excluding diaryl/α,β-unsaturated/α-hetero) is 1. The van der Waals surface area contributed by atoms with Gasteiger partial charge in [0.2, 0.25) is 5.78 Å². The van der Waals surface area contributed by atoms with Crippen LogP contribution in [0, 0.1) is 0 Å². The quantitative estimate of drug-likeness (QED) is 0.772. The van der Waals surface area contributed by atoms with Crippen molar-refractivity contribution in [1.82, 2.24) is 0 Å². The van der Waals surface area contributed by atoms with Crippen molar-refractivity contribution in [3.63, 3.8) is 0 Å². The molecule has 3 heterocycles. The van der Waals surface area contributed by atoms with Crippen LogP contribution in [0.2, 0.25) is 0 Å². The van der Waals surface area contributed by atoms with Gasteiger partial charge in [0.25, 0.3) is 5.79 Å². The highest BCUT2D eigenvalue weighted by molar-refractivity contribution is 5.92. The molecule has 158 valence electrons. The SMILES string of the molecule is CC1(C)OCC2(OCC3OC(Cc4ccccc4)(Cc4ccccc4)OC3C2=O)O1. The van der Waals surface area contributed by atoms with Gasteiger partial charge < -0.3 is 23.7 Å². The molecule has 6 nitrogen and oxygen atoms in total. The lowest BCUT2D eigenvalue weighted by Gasteiger charge is -2.35. The van der Waals surface area contributed by atoms with Crippen LogP contribution in [0.15, 0.2) is 60.7 Å². The molecule has 2 aromatic rings. The van der Waals surface area contributed by atoms with Crippen LogP contribution in [0.5, 0.6) is 0 Å². The fourth-order valence-electron chi connectivity index (χ4n) is 4.48. The summed E-state index contributed by atoms with van der Waals surface area (Å²) in [5.74, 6) is -3.54. The fraction of sp³-hybridized carbons (Fsp3) is 0.458. The Labute approximate surface area is 176 Å². The zero-order valence-electron chi connectivity index (χ0n) is 17.2. The smallest absolute Gasteiger partial charge is 0.258 e. The molecule has 0 aromatic heterocycles. The Morgan fingerprint density at radius 1 is 0.867 bits per heavy atom. The minimum Gasteiger partial charge on any atom is -0.344 e. The number of benzene rings is 2. The van der Waals surface area contributed by atoms with Crippen LogP contribution in [0.3, 0.4) is 0 Å². The number of carbonyl (C=O) groups is 1. The highest BCUT2D eigenvalue weighted by atomic mass is 16.8. The molecule has 0 aliphatic carbocycles.